The van der Waals surface area contributed by atoms with Gasteiger partial charge in [0.2, 0.25) is 0 Å². The molecule has 4 rings (SSSR count). The van der Waals surface area contributed by atoms with Gasteiger partial charge in [0.1, 0.15) is 5.75 Å². The average molecular weight is 454 g/mol. The number of phenols is 1. The molecule has 0 radical (unpaired) electrons. The van der Waals surface area contributed by atoms with Crippen LogP contribution >= 0.6 is 12.4 Å². The highest BCUT2D eigenvalue weighted by atomic mass is 35.5. The van der Waals surface area contributed by atoms with E-state index in [-0.39, 0.29) is 12.4 Å². The fourth-order valence-corrected chi connectivity index (χ4v) is 4.59. The molecule has 3 aromatic rings. The Bertz CT molecular complexity index is 967. The number of aromatic hydroxyl groups is 1. The summed E-state index contributed by atoms with van der Waals surface area (Å²) in [5.74, 6) is 0.338. The standard InChI is InChI=1S/C27H35N3O.ClH/c1-28(24-12-9-13-25(31)22-24)16-6-2-3-7-17-29-18-20-30(21-19-29)27-15-8-11-23-10-4-5-14-26(23)27;/h4-5,8-15,22,31H,2-3,6-7,16-21H2,1H3;1H. The van der Waals surface area contributed by atoms with Crippen molar-refractivity contribution in [3.05, 3.63) is 66.7 Å². The molecular formula is C27H36ClN3O. The van der Waals surface area contributed by atoms with E-state index < -0.39 is 0 Å². The normalized spacial score (nSPS) is 14.3. The van der Waals surface area contributed by atoms with E-state index in [2.05, 4.69) is 70.3 Å². The van der Waals surface area contributed by atoms with Crippen molar-refractivity contribution in [3.8, 4) is 5.75 Å². The molecule has 5 heteroatoms. The van der Waals surface area contributed by atoms with Crippen LogP contribution in [0.1, 0.15) is 25.7 Å². The minimum Gasteiger partial charge on any atom is -0.508 e. The molecule has 0 aliphatic carbocycles. The minimum absolute atomic E-state index is 0. The Morgan fingerprint density at radius 3 is 2.34 bits per heavy atom. The molecule has 0 atom stereocenters. The smallest absolute Gasteiger partial charge is 0.117 e. The predicted molar refractivity (Wildman–Crippen MR) is 140 cm³/mol. The maximum atomic E-state index is 9.62. The van der Waals surface area contributed by atoms with Gasteiger partial charge in [-0.15, -0.1) is 12.4 Å². The first-order valence-corrected chi connectivity index (χ1v) is 11.7. The Balaban J connectivity index is 0.00000289. The molecule has 1 aliphatic heterocycles. The molecule has 32 heavy (non-hydrogen) atoms. The van der Waals surface area contributed by atoms with Crippen LogP contribution in [0.4, 0.5) is 11.4 Å². The third kappa shape index (κ3) is 6.30. The molecule has 0 aromatic heterocycles. The van der Waals surface area contributed by atoms with Gasteiger partial charge in [-0.25, -0.2) is 0 Å². The summed E-state index contributed by atoms with van der Waals surface area (Å²) in [4.78, 5) is 7.41. The Morgan fingerprint density at radius 1 is 0.812 bits per heavy atom. The zero-order valence-corrected chi connectivity index (χ0v) is 19.9. The Kier molecular flexibility index (Phi) is 9.07. The lowest BCUT2D eigenvalue weighted by molar-refractivity contribution is 0.252. The second-order valence-corrected chi connectivity index (χ2v) is 8.68. The van der Waals surface area contributed by atoms with Crippen LogP contribution in [-0.4, -0.2) is 56.3 Å². The number of halogens is 1. The number of benzene rings is 3. The highest BCUT2D eigenvalue weighted by molar-refractivity contribution is 5.94. The summed E-state index contributed by atoms with van der Waals surface area (Å²) in [6, 6.07) is 22.9. The Labute approximate surface area is 198 Å². The number of hydrogen-bond acceptors (Lipinski definition) is 4. The zero-order chi connectivity index (χ0) is 21.5. The van der Waals surface area contributed by atoms with E-state index in [4.69, 9.17) is 0 Å². The van der Waals surface area contributed by atoms with Gasteiger partial charge < -0.3 is 14.9 Å². The Morgan fingerprint density at radius 2 is 1.53 bits per heavy atom. The molecule has 0 spiro atoms. The molecule has 0 amide bonds. The van der Waals surface area contributed by atoms with Crippen molar-refractivity contribution >= 4 is 34.6 Å². The maximum Gasteiger partial charge on any atom is 0.117 e. The third-order valence-electron chi connectivity index (χ3n) is 6.47. The fourth-order valence-electron chi connectivity index (χ4n) is 4.59. The number of unbranched alkanes of at least 4 members (excludes halogenated alkanes) is 3. The first kappa shape index (κ1) is 24.2. The summed E-state index contributed by atoms with van der Waals surface area (Å²) in [6.45, 7) is 6.79. The van der Waals surface area contributed by atoms with Crippen molar-refractivity contribution in [2.45, 2.75) is 25.7 Å². The summed E-state index contributed by atoms with van der Waals surface area (Å²) in [5, 5.41) is 12.3. The molecule has 1 N–H and O–H groups in total. The largest absolute Gasteiger partial charge is 0.508 e. The van der Waals surface area contributed by atoms with Gasteiger partial charge in [0, 0.05) is 62.6 Å². The van der Waals surface area contributed by atoms with E-state index in [0.29, 0.717) is 5.75 Å². The van der Waals surface area contributed by atoms with E-state index in [1.165, 1.54) is 48.7 Å². The monoisotopic (exact) mass is 453 g/mol. The fraction of sp³-hybridized carbons (Fsp3) is 0.407. The van der Waals surface area contributed by atoms with Gasteiger partial charge in [-0.2, -0.15) is 0 Å². The molecule has 1 saturated heterocycles. The Hall–Kier alpha value is -2.43. The summed E-state index contributed by atoms with van der Waals surface area (Å²) in [6.07, 6.45) is 5.03. The molecule has 4 nitrogen and oxygen atoms in total. The third-order valence-corrected chi connectivity index (χ3v) is 6.47. The van der Waals surface area contributed by atoms with Gasteiger partial charge in [0.15, 0.2) is 0 Å². The van der Waals surface area contributed by atoms with Crippen molar-refractivity contribution < 1.29 is 5.11 Å². The van der Waals surface area contributed by atoms with E-state index in [1.807, 2.05) is 12.1 Å². The quantitative estimate of drug-likeness (QED) is 0.415. The van der Waals surface area contributed by atoms with Crippen LogP contribution in [-0.2, 0) is 0 Å². The second kappa shape index (κ2) is 12.0. The first-order valence-electron chi connectivity index (χ1n) is 11.7. The summed E-state index contributed by atoms with van der Waals surface area (Å²) in [5.41, 5.74) is 2.47. The predicted octanol–water partition coefficient (Wildman–Crippen LogP) is 5.79. The molecule has 0 saturated carbocycles. The van der Waals surface area contributed by atoms with E-state index in [1.54, 1.807) is 6.07 Å². The number of fused-ring (bicyclic) bond motifs is 1. The van der Waals surface area contributed by atoms with Gasteiger partial charge in [0.25, 0.3) is 0 Å². The van der Waals surface area contributed by atoms with Gasteiger partial charge in [-0.3, -0.25) is 4.90 Å². The van der Waals surface area contributed by atoms with Crippen molar-refractivity contribution in [3.63, 3.8) is 0 Å². The van der Waals surface area contributed by atoms with Gasteiger partial charge in [-0.1, -0.05) is 55.3 Å². The molecule has 0 unspecified atom stereocenters. The number of hydrogen-bond donors (Lipinski definition) is 1. The lowest BCUT2D eigenvalue weighted by Gasteiger charge is -2.36. The number of nitrogens with zero attached hydrogens (tertiary/aromatic N) is 3. The van der Waals surface area contributed by atoms with Crippen molar-refractivity contribution in [2.24, 2.45) is 0 Å². The number of rotatable bonds is 9. The van der Waals surface area contributed by atoms with Crippen LogP contribution in [0.25, 0.3) is 10.8 Å². The lowest BCUT2D eigenvalue weighted by Crippen LogP contribution is -2.46. The molecule has 0 bridgehead atoms. The number of phenolic OH excluding ortho intramolecular Hbond substituents is 1. The van der Waals surface area contributed by atoms with E-state index in [9.17, 15) is 5.11 Å². The number of piperazine rings is 1. The summed E-state index contributed by atoms with van der Waals surface area (Å²) in [7, 11) is 2.10. The van der Waals surface area contributed by atoms with Crippen LogP contribution < -0.4 is 9.80 Å². The molecular weight excluding hydrogens is 418 g/mol. The topological polar surface area (TPSA) is 30.0 Å². The average Bonchev–Trinajstić information content (AvgIpc) is 2.81. The molecule has 1 aliphatic rings. The van der Waals surface area contributed by atoms with Crippen LogP contribution in [0, 0.1) is 0 Å². The van der Waals surface area contributed by atoms with Crippen molar-refractivity contribution in [1.82, 2.24) is 4.90 Å². The first-order chi connectivity index (χ1) is 15.2. The minimum atomic E-state index is 0. The van der Waals surface area contributed by atoms with Crippen LogP contribution in [0.3, 0.4) is 0 Å². The van der Waals surface area contributed by atoms with Crippen molar-refractivity contribution in [1.29, 1.82) is 0 Å². The van der Waals surface area contributed by atoms with Gasteiger partial charge in [0.05, 0.1) is 0 Å². The van der Waals surface area contributed by atoms with Crippen molar-refractivity contribution in [2.75, 3.05) is 56.1 Å². The summed E-state index contributed by atoms with van der Waals surface area (Å²) >= 11 is 0. The highest BCUT2D eigenvalue weighted by Gasteiger charge is 2.18. The highest BCUT2D eigenvalue weighted by Crippen LogP contribution is 2.27. The lowest BCUT2D eigenvalue weighted by atomic mass is 10.1. The van der Waals surface area contributed by atoms with Gasteiger partial charge >= 0.3 is 0 Å². The second-order valence-electron chi connectivity index (χ2n) is 8.68. The van der Waals surface area contributed by atoms with E-state index >= 15 is 0 Å². The molecule has 1 heterocycles. The van der Waals surface area contributed by atoms with E-state index in [0.717, 1.165) is 38.4 Å². The molecule has 3 aromatic carbocycles. The van der Waals surface area contributed by atoms with Gasteiger partial charge in [-0.05, 0) is 43.0 Å². The number of anilines is 2. The SMILES string of the molecule is CN(CCCCCCN1CCN(c2cccc3ccccc23)CC1)c1cccc(O)c1.Cl. The van der Waals surface area contributed by atoms with Crippen LogP contribution in [0.2, 0.25) is 0 Å². The molecule has 172 valence electrons. The maximum absolute atomic E-state index is 9.62. The van der Waals surface area contributed by atoms with Crippen LogP contribution in [0.15, 0.2) is 66.7 Å². The molecule has 1 fully saturated rings. The van der Waals surface area contributed by atoms with Crippen LogP contribution in [0.5, 0.6) is 5.75 Å². The summed E-state index contributed by atoms with van der Waals surface area (Å²) < 4.78 is 0. The zero-order valence-electron chi connectivity index (χ0n) is 19.1.